The van der Waals surface area contributed by atoms with E-state index in [1.165, 1.54) is 0 Å². The topological polar surface area (TPSA) is 160 Å². The van der Waals surface area contributed by atoms with E-state index in [-0.39, 0.29) is 18.7 Å². The predicted octanol–water partition coefficient (Wildman–Crippen LogP) is -1.85. The van der Waals surface area contributed by atoms with Gasteiger partial charge in [-0.15, -0.1) is 0 Å². The van der Waals surface area contributed by atoms with Crippen molar-refractivity contribution in [1.82, 2.24) is 9.55 Å². The molecule has 3 rings (SSSR count). The maximum absolute atomic E-state index is 11.9. The predicted molar refractivity (Wildman–Crippen MR) is 67.6 cm³/mol. The van der Waals surface area contributed by atoms with Crippen LogP contribution in [-0.2, 0) is 25.2 Å². The number of aromatic amines is 1. The molecule has 2 bridgehead atoms. The van der Waals surface area contributed by atoms with Crippen molar-refractivity contribution in [3.8, 4) is 0 Å². The van der Waals surface area contributed by atoms with E-state index in [0.717, 1.165) is 10.6 Å². The maximum atomic E-state index is 11.9. The summed E-state index contributed by atoms with van der Waals surface area (Å²) in [4.78, 5) is 43.1. The molecule has 11 nitrogen and oxygen atoms in total. The number of H-pyrrole nitrogens is 1. The number of aliphatic hydroxyl groups is 1. The van der Waals surface area contributed by atoms with Gasteiger partial charge in [0.1, 0.15) is 12.3 Å². The minimum Gasteiger partial charge on any atom is -0.390 e. The molecule has 0 saturated carbocycles. The lowest BCUT2D eigenvalue weighted by Gasteiger charge is -2.29. The van der Waals surface area contributed by atoms with Crippen LogP contribution in [0.3, 0.4) is 0 Å². The standard InChI is InChI=1S/C10H13N2O9P/c13-5-2-7-12-4(1-6(14)11-10(12)15)3-19-9(8(5)20-7)21-22(16,17)18/h1,5,7-9,13H,2-3H2,(H,11,14,15)(H2,16,17,18)/t5-,7+,8-,9?/m0/s1. The van der Waals surface area contributed by atoms with Gasteiger partial charge in [0.25, 0.3) is 5.56 Å². The van der Waals surface area contributed by atoms with Crippen molar-refractivity contribution in [2.45, 2.75) is 37.8 Å². The summed E-state index contributed by atoms with van der Waals surface area (Å²) >= 11 is 0. The van der Waals surface area contributed by atoms with Crippen LogP contribution in [-0.4, -0.2) is 42.9 Å². The highest BCUT2D eigenvalue weighted by Gasteiger charge is 2.45. The van der Waals surface area contributed by atoms with Crippen molar-refractivity contribution < 1.29 is 33.5 Å². The molecule has 0 spiro atoms. The van der Waals surface area contributed by atoms with Crippen LogP contribution in [0.5, 0.6) is 0 Å². The minimum atomic E-state index is -4.88. The molecule has 3 heterocycles. The lowest BCUT2D eigenvalue weighted by molar-refractivity contribution is -0.203. The van der Waals surface area contributed by atoms with E-state index >= 15 is 0 Å². The number of fused-ring (bicyclic) bond motifs is 4. The van der Waals surface area contributed by atoms with Gasteiger partial charge < -0.3 is 24.4 Å². The van der Waals surface area contributed by atoms with Crippen molar-refractivity contribution in [3.63, 3.8) is 0 Å². The van der Waals surface area contributed by atoms with Crippen molar-refractivity contribution in [2.75, 3.05) is 0 Å². The van der Waals surface area contributed by atoms with Crippen molar-refractivity contribution in [2.24, 2.45) is 0 Å². The minimum absolute atomic E-state index is 0.0198. The largest absolute Gasteiger partial charge is 0.472 e. The average Bonchev–Trinajstić information content (AvgIpc) is 2.73. The molecule has 0 aromatic carbocycles. The molecule has 1 unspecified atom stereocenters. The normalized spacial score (nSPS) is 31.4. The van der Waals surface area contributed by atoms with E-state index in [1.807, 2.05) is 0 Å². The van der Waals surface area contributed by atoms with Gasteiger partial charge in [-0.3, -0.25) is 18.9 Å². The first-order valence-electron chi connectivity index (χ1n) is 6.28. The summed E-state index contributed by atoms with van der Waals surface area (Å²) in [7, 11) is -4.88. The van der Waals surface area contributed by atoms with Crippen LogP contribution in [0.1, 0.15) is 18.3 Å². The SMILES string of the molecule is O=c1cc2n(c(=O)[nH]1)[C@H]1C[C@H](O)[C@H](O1)C(OP(=O)(O)O)OC2. The number of ether oxygens (including phenoxy) is 2. The molecular formula is C10H13N2O9P. The fraction of sp³-hybridized carbons (Fsp3) is 0.600. The number of phosphoric ester groups is 1. The van der Waals surface area contributed by atoms with Crippen molar-refractivity contribution in [3.05, 3.63) is 32.6 Å². The van der Waals surface area contributed by atoms with Crippen LogP contribution in [0.25, 0.3) is 0 Å². The van der Waals surface area contributed by atoms with E-state index in [2.05, 4.69) is 9.51 Å². The summed E-state index contributed by atoms with van der Waals surface area (Å²) in [5.41, 5.74) is -1.23. The molecule has 0 radical (unpaired) electrons. The van der Waals surface area contributed by atoms with Gasteiger partial charge in [-0.1, -0.05) is 0 Å². The van der Waals surface area contributed by atoms with Gasteiger partial charge in [0, 0.05) is 12.5 Å². The Morgan fingerprint density at radius 3 is 2.82 bits per heavy atom. The third-order valence-corrected chi connectivity index (χ3v) is 3.87. The van der Waals surface area contributed by atoms with E-state index in [1.54, 1.807) is 0 Å². The number of nitrogens with zero attached hydrogens (tertiary/aromatic N) is 1. The van der Waals surface area contributed by atoms with Crippen LogP contribution in [0.2, 0.25) is 0 Å². The van der Waals surface area contributed by atoms with Crippen LogP contribution in [0.4, 0.5) is 0 Å². The smallest absolute Gasteiger partial charge is 0.390 e. The van der Waals surface area contributed by atoms with Crippen LogP contribution in [0, 0.1) is 0 Å². The molecule has 2 aliphatic heterocycles. The Labute approximate surface area is 122 Å². The second-order valence-electron chi connectivity index (χ2n) is 4.93. The number of hydrogen-bond acceptors (Lipinski definition) is 7. The summed E-state index contributed by atoms with van der Waals surface area (Å²) < 4.78 is 27.2. The Bertz CT molecular complexity index is 737. The molecule has 12 heteroatoms. The third-order valence-electron chi connectivity index (χ3n) is 3.39. The quantitative estimate of drug-likeness (QED) is 0.454. The highest BCUT2D eigenvalue weighted by molar-refractivity contribution is 7.46. The molecule has 0 aliphatic carbocycles. The van der Waals surface area contributed by atoms with Crippen molar-refractivity contribution in [1.29, 1.82) is 0 Å². The summed E-state index contributed by atoms with van der Waals surface area (Å²) in [6.07, 6.45) is -4.79. The number of aromatic nitrogens is 2. The molecule has 1 fully saturated rings. The average molecular weight is 336 g/mol. The monoisotopic (exact) mass is 336 g/mol. The molecule has 2 aliphatic rings. The number of aliphatic hydroxyl groups excluding tert-OH is 1. The molecule has 4 N–H and O–H groups in total. The Morgan fingerprint density at radius 2 is 2.14 bits per heavy atom. The number of rotatable bonds is 2. The number of nitrogens with one attached hydrogen (secondary N) is 1. The Balaban J connectivity index is 2.02. The molecule has 1 saturated heterocycles. The zero-order chi connectivity index (χ0) is 16.1. The van der Waals surface area contributed by atoms with Gasteiger partial charge in [-0.2, -0.15) is 0 Å². The highest BCUT2D eigenvalue weighted by atomic mass is 31.2. The second-order valence-corrected chi connectivity index (χ2v) is 6.13. The van der Waals surface area contributed by atoms with Crippen LogP contribution in [0.15, 0.2) is 15.7 Å². The summed E-state index contributed by atoms with van der Waals surface area (Å²) in [5.74, 6) is 0. The zero-order valence-corrected chi connectivity index (χ0v) is 11.9. The molecule has 0 amide bonds. The van der Waals surface area contributed by atoms with Gasteiger partial charge in [0.2, 0.25) is 0 Å². The third kappa shape index (κ3) is 2.92. The first kappa shape index (κ1) is 15.6. The second kappa shape index (κ2) is 5.39. The van der Waals surface area contributed by atoms with Gasteiger partial charge >= 0.3 is 13.5 Å². The van der Waals surface area contributed by atoms with Gasteiger partial charge in [0.05, 0.1) is 18.4 Å². The molecule has 22 heavy (non-hydrogen) atoms. The molecule has 122 valence electrons. The molecule has 1 aromatic rings. The van der Waals surface area contributed by atoms with Gasteiger partial charge in [-0.25, -0.2) is 9.36 Å². The maximum Gasteiger partial charge on any atom is 0.472 e. The van der Waals surface area contributed by atoms with Crippen LogP contribution < -0.4 is 11.2 Å². The number of phosphoric acid groups is 1. The lowest BCUT2D eigenvalue weighted by Crippen LogP contribution is -2.41. The fourth-order valence-corrected chi connectivity index (χ4v) is 3.00. The first-order valence-corrected chi connectivity index (χ1v) is 7.81. The van der Waals surface area contributed by atoms with E-state index < -0.39 is 43.8 Å². The zero-order valence-electron chi connectivity index (χ0n) is 11.0. The summed E-state index contributed by atoms with van der Waals surface area (Å²) in [6.45, 7) is -0.313. The van der Waals surface area contributed by atoms with E-state index in [0.29, 0.717) is 0 Å². The highest BCUT2D eigenvalue weighted by Crippen LogP contribution is 2.42. The van der Waals surface area contributed by atoms with E-state index in [4.69, 9.17) is 19.3 Å². The first-order chi connectivity index (χ1) is 10.2. The summed E-state index contributed by atoms with van der Waals surface area (Å²) in [6, 6.07) is 1.10. The van der Waals surface area contributed by atoms with Crippen LogP contribution >= 0.6 is 7.82 Å². The molecular weight excluding hydrogens is 323 g/mol. The molecule has 4 atom stereocenters. The summed E-state index contributed by atoms with van der Waals surface area (Å²) in [5, 5.41) is 9.96. The molecule has 1 aromatic heterocycles. The Kier molecular flexibility index (Phi) is 3.81. The lowest BCUT2D eigenvalue weighted by atomic mass is 10.2. The van der Waals surface area contributed by atoms with E-state index in [9.17, 15) is 19.3 Å². The Hall–Kier alpha value is -1.33. The Morgan fingerprint density at radius 1 is 1.41 bits per heavy atom. The van der Waals surface area contributed by atoms with Gasteiger partial charge in [0.15, 0.2) is 6.29 Å². The van der Waals surface area contributed by atoms with Crippen molar-refractivity contribution >= 4 is 7.82 Å². The number of hydrogen-bond donors (Lipinski definition) is 4. The fourth-order valence-electron chi connectivity index (χ4n) is 2.55. The van der Waals surface area contributed by atoms with Gasteiger partial charge in [-0.05, 0) is 0 Å².